The number of para-hydroxylation sites is 2. The molecule has 2 N–H and O–H groups in total. The van der Waals surface area contributed by atoms with Gasteiger partial charge in [-0.3, -0.25) is 14.9 Å². The number of rotatable bonds is 7. The van der Waals surface area contributed by atoms with Gasteiger partial charge in [-0.2, -0.15) is 4.98 Å². The molecule has 1 aliphatic carbocycles. The van der Waals surface area contributed by atoms with Crippen molar-refractivity contribution in [2.45, 2.75) is 37.8 Å². The van der Waals surface area contributed by atoms with Crippen LogP contribution in [0, 0.1) is 10.1 Å². The minimum atomic E-state index is -0.452. The van der Waals surface area contributed by atoms with Crippen molar-refractivity contribution in [2.24, 2.45) is 0 Å². The Morgan fingerprint density at radius 1 is 1.03 bits per heavy atom. The van der Waals surface area contributed by atoms with Crippen molar-refractivity contribution in [3.8, 4) is 0 Å². The van der Waals surface area contributed by atoms with Gasteiger partial charge in [-0.1, -0.05) is 24.3 Å². The summed E-state index contributed by atoms with van der Waals surface area (Å²) in [4.78, 5) is 34.4. The van der Waals surface area contributed by atoms with Crippen LogP contribution in [0.1, 0.15) is 31.2 Å². The van der Waals surface area contributed by atoms with E-state index in [0.29, 0.717) is 11.5 Å². The third-order valence-electron chi connectivity index (χ3n) is 5.96. The van der Waals surface area contributed by atoms with E-state index in [1.165, 1.54) is 18.2 Å². The van der Waals surface area contributed by atoms with Gasteiger partial charge in [-0.25, -0.2) is 4.98 Å². The summed E-state index contributed by atoms with van der Waals surface area (Å²) >= 11 is 0. The largest absolute Gasteiger partial charge is 0.362 e. The molecule has 0 spiro atoms. The van der Waals surface area contributed by atoms with Crippen LogP contribution in [0.5, 0.6) is 0 Å². The van der Waals surface area contributed by atoms with Crippen LogP contribution < -0.4 is 15.5 Å². The second-order valence-corrected chi connectivity index (χ2v) is 8.63. The second-order valence-electron chi connectivity index (χ2n) is 8.63. The molecule has 0 bridgehead atoms. The Morgan fingerprint density at radius 3 is 2.44 bits per heavy atom. The van der Waals surface area contributed by atoms with Gasteiger partial charge in [-0.15, -0.1) is 0 Å². The molecule has 1 aromatic heterocycles. The van der Waals surface area contributed by atoms with E-state index in [9.17, 15) is 14.9 Å². The van der Waals surface area contributed by atoms with Crippen LogP contribution in [0.4, 0.5) is 17.5 Å². The highest BCUT2D eigenvalue weighted by Crippen LogP contribution is 2.26. The highest BCUT2D eigenvalue weighted by Gasteiger charge is 2.23. The molecule has 1 fully saturated rings. The predicted molar refractivity (Wildman–Crippen MR) is 134 cm³/mol. The number of carbonyl (C=O) groups excluding carboxylic acids is 1. The van der Waals surface area contributed by atoms with Crippen LogP contribution in [0.3, 0.4) is 0 Å². The lowest BCUT2D eigenvalue weighted by atomic mass is 9.91. The first-order chi connectivity index (χ1) is 16.4. The molecule has 1 heterocycles. The summed E-state index contributed by atoms with van der Waals surface area (Å²) in [5.41, 5.74) is 1.28. The van der Waals surface area contributed by atoms with Gasteiger partial charge < -0.3 is 15.5 Å². The molecule has 3 aromatic rings. The molecule has 0 saturated heterocycles. The number of nitro groups is 1. The summed E-state index contributed by atoms with van der Waals surface area (Å²) in [6.45, 7) is 0. The van der Waals surface area contributed by atoms with Gasteiger partial charge in [0.25, 0.3) is 5.69 Å². The van der Waals surface area contributed by atoms with E-state index in [0.717, 1.165) is 42.4 Å². The van der Waals surface area contributed by atoms with E-state index < -0.39 is 4.92 Å². The molecule has 0 unspecified atom stereocenters. The van der Waals surface area contributed by atoms with Gasteiger partial charge >= 0.3 is 0 Å². The first-order valence-electron chi connectivity index (χ1n) is 11.3. The second kappa shape index (κ2) is 10.3. The summed E-state index contributed by atoms with van der Waals surface area (Å²) < 4.78 is 0. The van der Waals surface area contributed by atoms with Crippen molar-refractivity contribution in [1.29, 1.82) is 0 Å². The average Bonchev–Trinajstić information content (AvgIpc) is 2.83. The maximum absolute atomic E-state index is 12.4. The molecule has 1 saturated carbocycles. The predicted octanol–water partition coefficient (Wildman–Crippen LogP) is 4.16. The minimum Gasteiger partial charge on any atom is -0.362 e. The first-order valence-corrected chi connectivity index (χ1v) is 11.3. The van der Waals surface area contributed by atoms with Crippen LogP contribution in [0.15, 0.2) is 54.6 Å². The Morgan fingerprint density at radius 2 is 1.71 bits per heavy atom. The maximum atomic E-state index is 12.4. The quantitative estimate of drug-likeness (QED) is 0.309. The molecule has 1 amide bonds. The van der Waals surface area contributed by atoms with Gasteiger partial charge in [-0.05, 0) is 50.0 Å². The van der Waals surface area contributed by atoms with E-state index >= 15 is 0 Å². The number of hydrogen-bond donors (Lipinski definition) is 2. The third kappa shape index (κ3) is 5.48. The van der Waals surface area contributed by atoms with Gasteiger partial charge in [0.05, 0.1) is 16.0 Å². The summed E-state index contributed by atoms with van der Waals surface area (Å²) in [7, 11) is 3.94. The van der Waals surface area contributed by atoms with Crippen molar-refractivity contribution in [3.05, 3.63) is 70.3 Å². The Balaban J connectivity index is 1.33. The normalized spacial score (nSPS) is 18.1. The van der Waals surface area contributed by atoms with E-state index in [2.05, 4.69) is 15.6 Å². The number of benzene rings is 2. The van der Waals surface area contributed by atoms with Crippen LogP contribution in [0.2, 0.25) is 0 Å². The number of hydrogen-bond acceptors (Lipinski definition) is 7. The van der Waals surface area contributed by atoms with Crippen LogP contribution in [-0.2, 0) is 4.79 Å². The molecule has 0 atom stereocenters. The fourth-order valence-corrected chi connectivity index (χ4v) is 4.24. The summed E-state index contributed by atoms with van der Waals surface area (Å²) in [5.74, 6) is 1.24. The highest BCUT2D eigenvalue weighted by molar-refractivity contribution is 5.92. The number of amides is 1. The Labute approximate surface area is 198 Å². The maximum Gasteiger partial charge on any atom is 0.276 e. The lowest BCUT2D eigenvalue weighted by Crippen LogP contribution is -2.39. The molecule has 2 aromatic carbocycles. The van der Waals surface area contributed by atoms with Crippen LogP contribution in [-0.4, -0.2) is 47.0 Å². The molecule has 1 aliphatic rings. The van der Waals surface area contributed by atoms with Crippen molar-refractivity contribution in [3.63, 3.8) is 0 Å². The molecule has 176 valence electrons. The van der Waals surface area contributed by atoms with E-state index in [4.69, 9.17) is 4.98 Å². The van der Waals surface area contributed by atoms with Crippen LogP contribution >= 0.6 is 0 Å². The zero-order valence-electron chi connectivity index (χ0n) is 19.3. The molecular weight excluding hydrogens is 432 g/mol. The van der Waals surface area contributed by atoms with Crippen molar-refractivity contribution < 1.29 is 9.72 Å². The number of carbonyl (C=O) groups is 1. The topological polar surface area (TPSA) is 113 Å². The number of fused-ring (bicyclic) bond motifs is 1. The Kier molecular flexibility index (Phi) is 7.01. The minimum absolute atomic E-state index is 0.0218. The van der Waals surface area contributed by atoms with E-state index in [-0.39, 0.29) is 23.7 Å². The Bertz CT molecular complexity index is 1220. The third-order valence-corrected chi connectivity index (χ3v) is 5.96. The zero-order chi connectivity index (χ0) is 24.1. The van der Waals surface area contributed by atoms with Gasteiger partial charge in [0, 0.05) is 43.7 Å². The molecule has 34 heavy (non-hydrogen) atoms. The summed E-state index contributed by atoms with van der Waals surface area (Å²) in [6, 6.07) is 14.6. The fraction of sp³-hybridized carbons (Fsp3) is 0.320. The number of nitrogens with one attached hydrogen (secondary N) is 2. The lowest BCUT2D eigenvalue weighted by Gasteiger charge is -2.29. The standard InChI is InChI=1S/C25H28N6O3/c1-30(2)24-20-8-4-5-9-21(20)28-25(29-24)27-19-14-12-18(13-15-19)26-23(32)16-11-17-7-3-6-10-22(17)31(33)34/h3-11,16,18-19H,12-15H2,1-2H3,(H,26,32)(H,27,28,29)/b16-11+/t18-,19+. The molecule has 9 heteroatoms. The number of aromatic nitrogens is 2. The van der Waals surface area contributed by atoms with Gasteiger partial charge in [0.1, 0.15) is 5.82 Å². The lowest BCUT2D eigenvalue weighted by molar-refractivity contribution is -0.385. The van der Waals surface area contributed by atoms with Crippen molar-refractivity contribution >= 4 is 40.3 Å². The van der Waals surface area contributed by atoms with Crippen molar-refractivity contribution in [2.75, 3.05) is 24.3 Å². The molecule has 9 nitrogen and oxygen atoms in total. The SMILES string of the molecule is CN(C)c1nc(N[C@H]2CC[C@@H](NC(=O)/C=C/c3ccccc3[N+](=O)[O-])CC2)nc2ccccc12. The average molecular weight is 461 g/mol. The monoisotopic (exact) mass is 460 g/mol. The fourth-order valence-electron chi connectivity index (χ4n) is 4.24. The smallest absolute Gasteiger partial charge is 0.276 e. The first kappa shape index (κ1) is 23.2. The molecular formula is C25H28N6O3. The van der Waals surface area contributed by atoms with E-state index in [1.807, 2.05) is 43.3 Å². The molecule has 0 aliphatic heterocycles. The zero-order valence-corrected chi connectivity index (χ0v) is 19.3. The number of anilines is 2. The van der Waals surface area contributed by atoms with Crippen molar-refractivity contribution in [1.82, 2.24) is 15.3 Å². The van der Waals surface area contributed by atoms with Gasteiger partial charge in [0.2, 0.25) is 11.9 Å². The summed E-state index contributed by atoms with van der Waals surface area (Å²) in [5, 5.41) is 18.6. The van der Waals surface area contributed by atoms with Crippen LogP contribution in [0.25, 0.3) is 17.0 Å². The summed E-state index contributed by atoms with van der Waals surface area (Å²) in [6.07, 6.45) is 6.27. The Hall–Kier alpha value is -4.01. The molecule has 0 radical (unpaired) electrons. The number of nitro benzene ring substituents is 1. The molecule has 4 rings (SSSR count). The highest BCUT2D eigenvalue weighted by atomic mass is 16.6. The van der Waals surface area contributed by atoms with Gasteiger partial charge in [0.15, 0.2) is 0 Å². The van der Waals surface area contributed by atoms with E-state index in [1.54, 1.807) is 18.2 Å². The number of nitrogens with zero attached hydrogens (tertiary/aromatic N) is 4.